The van der Waals surface area contributed by atoms with Crippen LogP contribution in [0.25, 0.3) is 5.69 Å². The van der Waals surface area contributed by atoms with E-state index in [0.29, 0.717) is 12.4 Å². The normalized spacial score (nSPS) is 11.1. The van der Waals surface area contributed by atoms with E-state index in [9.17, 15) is 4.79 Å². The molecule has 3 rings (SSSR count). The molecule has 28 heavy (non-hydrogen) atoms. The lowest BCUT2D eigenvalue weighted by molar-refractivity contribution is 0.220. The molecule has 0 bridgehead atoms. The topological polar surface area (TPSA) is 68.0 Å². The number of carbonyl (C=O) groups is 1. The quantitative estimate of drug-likeness (QED) is 0.697. The second kappa shape index (κ2) is 8.29. The van der Waals surface area contributed by atoms with E-state index in [2.05, 4.69) is 29.4 Å². The summed E-state index contributed by atoms with van der Waals surface area (Å²) in [6.45, 7) is 9.49. The highest BCUT2D eigenvalue weighted by atomic mass is 16.2. The molecule has 0 fully saturated rings. The number of nitrogens with one attached hydrogen (secondary N) is 1. The number of rotatable bonds is 6. The Bertz CT molecular complexity index is 941. The van der Waals surface area contributed by atoms with E-state index in [-0.39, 0.29) is 11.9 Å². The van der Waals surface area contributed by atoms with Gasteiger partial charge in [0.1, 0.15) is 5.82 Å². The van der Waals surface area contributed by atoms with Crippen LogP contribution in [-0.4, -0.2) is 37.5 Å². The number of urea groups is 1. The molecule has 7 heteroatoms. The van der Waals surface area contributed by atoms with Crippen LogP contribution in [-0.2, 0) is 13.1 Å². The molecular weight excluding hydrogens is 352 g/mol. The van der Waals surface area contributed by atoms with Gasteiger partial charge in [0.05, 0.1) is 23.6 Å². The molecule has 0 unspecified atom stereocenters. The number of amides is 2. The van der Waals surface area contributed by atoms with Gasteiger partial charge in [0.25, 0.3) is 0 Å². The Hall–Kier alpha value is -3.09. The fourth-order valence-corrected chi connectivity index (χ4v) is 2.95. The van der Waals surface area contributed by atoms with Gasteiger partial charge in [-0.05, 0) is 31.9 Å². The molecule has 0 spiro atoms. The lowest BCUT2D eigenvalue weighted by Crippen LogP contribution is -2.31. The zero-order chi connectivity index (χ0) is 20.3. The number of para-hydroxylation sites is 1. The fourth-order valence-electron chi connectivity index (χ4n) is 2.95. The molecule has 0 aliphatic rings. The van der Waals surface area contributed by atoms with Gasteiger partial charge in [-0.1, -0.05) is 32.0 Å². The third-order valence-electron chi connectivity index (χ3n) is 4.68. The number of hydrogen-bond donors (Lipinski definition) is 1. The molecule has 0 radical (unpaired) electrons. The summed E-state index contributed by atoms with van der Waals surface area (Å²) in [5.74, 6) is 0.925. The summed E-state index contributed by atoms with van der Waals surface area (Å²) in [4.78, 5) is 14.5. The second-order valence-electron chi connectivity index (χ2n) is 7.24. The van der Waals surface area contributed by atoms with Crippen LogP contribution in [0.15, 0.2) is 42.6 Å². The molecule has 2 heterocycles. The maximum Gasteiger partial charge on any atom is 0.323 e. The van der Waals surface area contributed by atoms with Gasteiger partial charge in [-0.15, -0.1) is 0 Å². The van der Waals surface area contributed by atoms with Crippen LogP contribution in [0, 0.1) is 6.92 Å². The zero-order valence-electron chi connectivity index (χ0n) is 17.2. The van der Waals surface area contributed by atoms with Crippen molar-refractivity contribution in [2.24, 2.45) is 0 Å². The number of carbonyl (C=O) groups excluding carboxylic acids is 1. The minimum atomic E-state index is -0.184. The molecule has 1 aromatic carbocycles. The lowest BCUT2D eigenvalue weighted by Gasteiger charge is -2.18. The first-order valence-electron chi connectivity index (χ1n) is 9.59. The predicted molar refractivity (Wildman–Crippen MR) is 111 cm³/mol. The molecule has 3 aromatic rings. The van der Waals surface area contributed by atoms with E-state index in [1.807, 2.05) is 61.1 Å². The van der Waals surface area contributed by atoms with Crippen LogP contribution in [0.3, 0.4) is 0 Å². The largest absolute Gasteiger partial charge is 0.323 e. The van der Waals surface area contributed by atoms with Gasteiger partial charge in [-0.2, -0.15) is 10.2 Å². The minimum absolute atomic E-state index is 0.184. The maximum absolute atomic E-state index is 12.8. The van der Waals surface area contributed by atoms with Crippen molar-refractivity contribution < 1.29 is 4.79 Å². The van der Waals surface area contributed by atoms with Crippen molar-refractivity contribution in [2.45, 2.75) is 46.7 Å². The van der Waals surface area contributed by atoms with E-state index in [1.54, 1.807) is 16.6 Å². The molecule has 2 amide bonds. The van der Waals surface area contributed by atoms with Crippen molar-refractivity contribution in [2.75, 3.05) is 12.4 Å². The van der Waals surface area contributed by atoms with Crippen molar-refractivity contribution in [3.05, 3.63) is 59.5 Å². The Labute approximate surface area is 166 Å². The molecule has 0 atom stereocenters. The molecule has 0 saturated heterocycles. The van der Waals surface area contributed by atoms with E-state index in [1.165, 1.54) is 0 Å². The van der Waals surface area contributed by atoms with E-state index < -0.39 is 0 Å². The van der Waals surface area contributed by atoms with Crippen LogP contribution in [0.5, 0.6) is 0 Å². The third-order valence-corrected chi connectivity index (χ3v) is 4.68. The number of hydrogen-bond acceptors (Lipinski definition) is 3. The Kier molecular flexibility index (Phi) is 5.82. The summed E-state index contributed by atoms with van der Waals surface area (Å²) in [6.07, 6.45) is 1.99. The summed E-state index contributed by atoms with van der Waals surface area (Å²) in [6, 6.07) is 11.6. The number of anilines is 1. The Balaban J connectivity index is 1.80. The standard InChI is InChI=1S/C21H28N6O/c1-6-26-14-17(16(4)23-26)13-25(5)21(28)22-20-12-19(15(2)3)24-27(20)18-10-8-7-9-11-18/h7-12,14-15H,6,13H2,1-5H3,(H,22,28). The van der Waals surface area contributed by atoms with Crippen LogP contribution < -0.4 is 5.32 Å². The molecule has 7 nitrogen and oxygen atoms in total. The molecule has 148 valence electrons. The second-order valence-corrected chi connectivity index (χ2v) is 7.24. The van der Waals surface area contributed by atoms with Crippen molar-refractivity contribution in [3.8, 4) is 5.69 Å². The molecule has 0 aliphatic heterocycles. The number of aromatic nitrogens is 4. The molecule has 2 aromatic heterocycles. The summed E-state index contributed by atoms with van der Waals surface area (Å²) in [5.41, 5.74) is 3.83. The van der Waals surface area contributed by atoms with Crippen molar-refractivity contribution in [1.29, 1.82) is 0 Å². The average Bonchev–Trinajstić information content (AvgIpc) is 3.26. The maximum atomic E-state index is 12.8. The molecule has 0 saturated carbocycles. The highest BCUT2D eigenvalue weighted by Gasteiger charge is 2.17. The van der Waals surface area contributed by atoms with Gasteiger partial charge >= 0.3 is 6.03 Å². The summed E-state index contributed by atoms with van der Waals surface area (Å²) in [7, 11) is 1.78. The van der Waals surface area contributed by atoms with Crippen LogP contribution in [0.1, 0.15) is 43.6 Å². The Morgan fingerprint density at radius 2 is 1.93 bits per heavy atom. The Morgan fingerprint density at radius 3 is 2.54 bits per heavy atom. The molecule has 0 aliphatic carbocycles. The van der Waals surface area contributed by atoms with Gasteiger partial charge in [-0.25, -0.2) is 9.48 Å². The smallest absolute Gasteiger partial charge is 0.323 e. The third kappa shape index (κ3) is 4.24. The Morgan fingerprint density at radius 1 is 1.21 bits per heavy atom. The van der Waals surface area contributed by atoms with Crippen molar-refractivity contribution in [1.82, 2.24) is 24.5 Å². The summed E-state index contributed by atoms with van der Waals surface area (Å²) < 4.78 is 3.66. The van der Waals surface area contributed by atoms with E-state index in [4.69, 9.17) is 0 Å². The first kappa shape index (κ1) is 19.7. The number of benzene rings is 1. The van der Waals surface area contributed by atoms with Crippen LogP contribution >= 0.6 is 0 Å². The van der Waals surface area contributed by atoms with E-state index in [0.717, 1.165) is 29.2 Å². The van der Waals surface area contributed by atoms with Crippen molar-refractivity contribution >= 4 is 11.8 Å². The van der Waals surface area contributed by atoms with Crippen LogP contribution in [0.2, 0.25) is 0 Å². The number of nitrogens with zero attached hydrogens (tertiary/aromatic N) is 5. The first-order chi connectivity index (χ1) is 13.4. The van der Waals surface area contributed by atoms with Crippen LogP contribution in [0.4, 0.5) is 10.6 Å². The lowest BCUT2D eigenvalue weighted by atomic mass is 10.1. The predicted octanol–water partition coefficient (Wildman–Crippen LogP) is 4.18. The van der Waals surface area contributed by atoms with Gasteiger partial charge in [0.2, 0.25) is 0 Å². The van der Waals surface area contributed by atoms with Crippen molar-refractivity contribution in [3.63, 3.8) is 0 Å². The number of aryl methyl sites for hydroxylation is 2. The summed E-state index contributed by atoms with van der Waals surface area (Å²) in [5, 5.41) is 12.1. The highest BCUT2D eigenvalue weighted by molar-refractivity contribution is 5.88. The van der Waals surface area contributed by atoms with Gasteiger partial charge in [0.15, 0.2) is 0 Å². The van der Waals surface area contributed by atoms with Gasteiger partial charge < -0.3 is 4.90 Å². The van der Waals surface area contributed by atoms with Gasteiger partial charge in [0, 0.05) is 31.4 Å². The SMILES string of the molecule is CCn1cc(CN(C)C(=O)Nc2cc(C(C)C)nn2-c2ccccc2)c(C)n1. The first-order valence-corrected chi connectivity index (χ1v) is 9.59. The van der Waals surface area contributed by atoms with Gasteiger partial charge in [-0.3, -0.25) is 10.00 Å². The minimum Gasteiger partial charge on any atom is -0.323 e. The fraction of sp³-hybridized carbons (Fsp3) is 0.381. The highest BCUT2D eigenvalue weighted by Crippen LogP contribution is 2.22. The molecular formula is C21H28N6O. The molecule has 1 N–H and O–H groups in total. The monoisotopic (exact) mass is 380 g/mol. The zero-order valence-corrected chi connectivity index (χ0v) is 17.2. The summed E-state index contributed by atoms with van der Waals surface area (Å²) >= 11 is 0. The average molecular weight is 380 g/mol. The van der Waals surface area contributed by atoms with E-state index >= 15 is 0 Å².